The van der Waals surface area contributed by atoms with Crippen LogP contribution in [0.3, 0.4) is 0 Å². The van der Waals surface area contributed by atoms with E-state index in [-0.39, 0.29) is 11.1 Å². The Morgan fingerprint density at radius 1 is 1.40 bits per heavy atom. The van der Waals surface area contributed by atoms with E-state index in [1.165, 1.54) is 29.7 Å². The van der Waals surface area contributed by atoms with E-state index in [0.29, 0.717) is 5.13 Å². The number of nitriles is 1. The maximum atomic E-state index is 13.0. The lowest BCUT2D eigenvalue weighted by Gasteiger charge is -2.00. The molecule has 100 valence electrons. The van der Waals surface area contributed by atoms with E-state index in [1.54, 1.807) is 11.4 Å². The summed E-state index contributed by atoms with van der Waals surface area (Å²) in [7, 11) is 0. The third-order valence-electron chi connectivity index (χ3n) is 2.27. The molecule has 1 heterocycles. The number of carbonyl (C=O) groups excluding carboxylic acids is 1. The van der Waals surface area contributed by atoms with Crippen molar-refractivity contribution in [2.24, 2.45) is 0 Å². The van der Waals surface area contributed by atoms with Gasteiger partial charge < -0.3 is 0 Å². The van der Waals surface area contributed by atoms with Gasteiger partial charge in [-0.3, -0.25) is 10.1 Å². The number of anilines is 1. The highest BCUT2D eigenvalue weighted by Crippen LogP contribution is 2.15. The van der Waals surface area contributed by atoms with Crippen LogP contribution in [0.15, 0.2) is 35.3 Å². The van der Waals surface area contributed by atoms with Gasteiger partial charge in [-0.05, 0) is 23.8 Å². The number of hydrogen-bond acceptors (Lipinski definition) is 4. The predicted octanol–water partition coefficient (Wildman–Crippen LogP) is 2.97. The number of nitrogens with zero attached hydrogens (tertiary/aromatic N) is 2. The summed E-state index contributed by atoms with van der Waals surface area (Å²) in [4.78, 5) is 15.6. The van der Waals surface area contributed by atoms with E-state index >= 15 is 0 Å². The average molecular weight is 291 g/mol. The van der Waals surface area contributed by atoms with Gasteiger partial charge in [0, 0.05) is 11.6 Å². The van der Waals surface area contributed by atoms with Crippen LogP contribution < -0.4 is 5.32 Å². The Bertz CT molecular complexity index is 705. The maximum absolute atomic E-state index is 13.0. The minimum Gasteiger partial charge on any atom is -0.297 e. The molecule has 0 bridgehead atoms. The summed E-state index contributed by atoms with van der Waals surface area (Å²) >= 11 is 1.20. The zero-order valence-electron chi connectivity index (χ0n) is 9.93. The van der Waals surface area contributed by atoms with Crippen LogP contribution in [0.5, 0.6) is 0 Å². The highest BCUT2D eigenvalue weighted by atomic mass is 32.1. The lowest BCUT2D eigenvalue weighted by atomic mass is 10.1. The first-order chi connectivity index (χ1) is 9.60. The summed E-state index contributed by atoms with van der Waals surface area (Å²) in [6, 6.07) is 4.81. The highest BCUT2D eigenvalue weighted by molar-refractivity contribution is 7.13. The summed E-state index contributed by atoms with van der Waals surface area (Å²) in [6.45, 7) is 0. The monoisotopic (exact) mass is 291 g/mol. The molecule has 0 spiro atoms. The van der Waals surface area contributed by atoms with Crippen molar-refractivity contribution in [1.82, 2.24) is 4.98 Å². The van der Waals surface area contributed by atoms with Crippen LogP contribution in [0, 0.1) is 23.0 Å². The molecule has 0 unspecified atom stereocenters. The molecule has 0 aliphatic heterocycles. The van der Waals surface area contributed by atoms with Crippen molar-refractivity contribution in [3.63, 3.8) is 0 Å². The minimum absolute atomic E-state index is 0.217. The van der Waals surface area contributed by atoms with Crippen LogP contribution in [0.4, 0.5) is 13.9 Å². The first-order valence-corrected chi connectivity index (χ1v) is 6.26. The van der Waals surface area contributed by atoms with Crippen LogP contribution in [-0.4, -0.2) is 10.9 Å². The standard InChI is InChI=1S/C13H7F2N3OS/c14-10-2-1-8(6-11(10)15)5-9(7-16)12(19)18-13-17-3-4-20-13/h1-6H,(H,17,18,19)/b9-5+. The number of thiazole rings is 1. The number of benzene rings is 1. The fourth-order valence-electron chi connectivity index (χ4n) is 1.37. The summed E-state index contributed by atoms with van der Waals surface area (Å²) in [6.07, 6.45) is 2.68. The first kappa shape index (κ1) is 13.8. The van der Waals surface area contributed by atoms with Gasteiger partial charge in [-0.2, -0.15) is 5.26 Å². The Labute approximate surface area is 117 Å². The van der Waals surface area contributed by atoms with Gasteiger partial charge in [0.1, 0.15) is 11.6 Å². The molecule has 0 saturated heterocycles. The fraction of sp³-hybridized carbons (Fsp3) is 0. The summed E-state index contributed by atoms with van der Waals surface area (Å²) in [5.74, 6) is -2.70. The van der Waals surface area contributed by atoms with Crippen molar-refractivity contribution >= 4 is 28.5 Å². The van der Waals surface area contributed by atoms with Gasteiger partial charge in [-0.25, -0.2) is 13.8 Å². The largest absolute Gasteiger partial charge is 0.297 e. The first-order valence-electron chi connectivity index (χ1n) is 5.38. The van der Waals surface area contributed by atoms with Crippen LogP contribution in [0.25, 0.3) is 6.08 Å². The van der Waals surface area contributed by atoms with Crippen molar-refractivity contribution in [2.45, 2.75) is 0 Å². The van der Waals surface area contributed by atoms with Gasteiger partial charge >= 0.3 is 0 Å². The molecule has 1 N–H and O–H groups in total. The molecule has 0 fully saturated rings. The van der Waals surface area contributed by atoms with E-state index in [0.717, 1.165) is 12.1 Å². The Kier molecular flexibility index (Phi) is 4.17. The third-order valence-corrected chi connectivity index (χ3v) is 2.96. The fourth-order valence-corrected chi connectivity index (χ4v) is 1.89. The van der Waals surface area contributed by atoms with Gasteiger partial charge in [0.15, 0.2) is 16.8 Å². The molecule has 0 saturated carbocycles. The number of aromatic nitrogens is 1. The van der Waals surface area contributed by atoms with Gasteiger partial charge in [0.25, 0.3) is 5.91 Å². The van der Waals surface area contributed by atoms with E-state index in [2.05, 4.69) is 10.3 Å². The van der Waals surface area contributed by atoms with Gasteiger partial charge in [-0.15, -0.1) is 11.3 Å². The molecule has 0 atom stereocenters. The Morgan fingerprint density at radius 2 is 2.20 bits per heavy atom. The van der Waals surface area contributed by atoms with Gasteiger partial charge in [0.05, 0.1) is 0 Å². The number of hydrogen-bond donors (Lipinski definition) is 1. The molecule has 7 heteroatoms. The maximum Gasteiger partial charge on any atom is 0.268 e. The van der Waals surface area contributed by atoms with Crippen LogP contribution in [0.1, 0.15) is 5.56 Å². The quantitative estimate of drug-likeness (QED) is 0.698. The molecule has 1 aromatic heterocycles. The molecular formula is C13H7F2N3OS. The van der Waals surface area contributed by atoms with Crippen LogP contribution >= 0.6 is 11.3 Å². The average Bonchev–Trinajstić information content (AvgIpc) is 2.92. The Morgan fingerprint density at radius 3 is 2.80 bits per heavy atom. The topological polar surface area (TPSA) is 65.8 Å². The molecule has 0 radical (unpaired) electrons. The van der Waals surface area contributed by atoms with Crippen molar-refractivity contribution in [1.29, 1.82) is 5.26 Å². The second kappa shape index (κ2) is 6.04. The number of nitrogens with one attached hydrogen (secondary N) is 1. The molecule has 0 aliphatic carbocycles. The molecular weight excluding hydrogens is 284 g/mol. The van der Waals surface area contributed by atoms with E-state index in [4.69, 9.17) is 5.26 Å². The highest BCUT2D eigenvalue weighted by Gasteiger charge is 2.11. The van der Waals surface area contributed by atoms with E-state index in [1.807, 2.05) is 0 Å². The van der Waals surface area contributed by atoms with Crippen molar-refractivity contribution in [3.05, 3.63) is 52.5 Å². The molecule has 2 aromatic rings. The normalized spacial score (nSPS) is 10.9. The van der Waals surface area contributed by atoms with Gasteiger partial charge in [-0.1, -0.05) is 6.07 Å². The molecule has 1 aromatic carbocycles. The van der Waals surface area contributed by atoms with Crippen molar-refractivity contribution < 1.29 is 13.6 Å². The zero-order valence-corrected chi connectivity index (χ0v) is 10.7. The van der Waals surface area contributed by atoms with E-state index in [9.17, 15) is 13.6 Å². The number of halogens is 2. The summed E-state index contributed by atoms with van der Waals surface area (Å²) in [5.41, 5.74) is -0.0130. The van der Waals surface area contributed by atoms with Crippen LogP contribution in [0.2, 0.25) is 0 Å². The molecule has 0 aliphatic rings. The molecule has 2 rings (SSSR count). The predicted molar refractivity (Wildman–Crippen MR) is 70.7 cm³/mol. The van der Waals surface area contributed by atoms with Gasteiger partial charge in [0.2, 0.25) is 0 Å². The van der Waals surface area contributed by atoms with Crippen molar-refractivity contribution in [2.75, 3.05) is 5.32 Å². The second-order valence-electron chi connectivity index (χ2n) is 3.63. The van der Waals surface area contributed by atoms with Crippen LogP contribution in [-0.2, 0) is 4.79 Å². The SMILES string of the molecule is N#C/C(=C\c1ccc(F)c(F)c1)C(=O)Nc1nccs1. The third kappa shape index (κ3) is 3.24. The van der Waals surface area contributed by atoms with Crippen molar-refractivity contribution in [3.8, 4) is 6.07 Å². The molecule has 1 amide bonds. The number of rotatable bonds is 3. The Hall–Kier alpha value is -2.59. The second-order valence-corrected chi connectivity index (χ2v) is 4.53. The summed E-state index contributed by atoms with van der Waals surface area (Å²) in [5, 5.41) is 13.4. The minimum atomic E-state index is -1.05. The zero-order chi connectivity index (χ0) is 14.5. The van der Waals surface area contributed by atoms with E-state index < -0.39 is 17.5 Å². The smallest absolute Gasteiger partial charge is 0.268 e. The Balaban J connectivity index is 2.22. The molecule has 20 heavy (non-hydrogen) atoms. The lowest BCUT2D eigenvalue weighted by Crippen LogP contribution is -2.13. The number of carbonyl (C=O) groups is 1. The molecule has 4 nitrogen and oxygen atoms in total. The lowest BCUT2D eigenvalue weighted by molar-refractivity contribution is -0.112. The number of amides is 1. The summed E-state index contributed by atoms with van der Waals surface area (Å²) < 4.78 is 25.8.